The predicted octanol–water partition coefficient (Wildman–Crippen LogP) is 3.14. The summed E-state index contributed by atoms with van der Waals surface area (Å²) in [5, 5.41) is 20.0. The Hall–Kier alpha value is -2.97. The van der Waals surface area contributed by atoms with Crippen LogP contribution in [0.3, 0.4) is 0 Å². The van der Waals surface area contributed by atoms with Gasteiger partial charge >= 0.3 is 5.97 Å². The second kappa shape index (κ2) is 10.5. The van der Waals surface area contributed by atoms with E-state index in [-0.39, 0.29) is 30.3 Å². The molecule has 0 bridgehead atoms. The maximum atomic E-state index is 12.4. The summed E-state index contributed by atoms with van der Waals surface area (Å²) >= 11 is 0. The van der Waals surface area contributed by atoms with Crippen LogP contribution in [0.1, 0.15) is 51.3 Å². The van der Waals surface area contributed by atoms with Crippen molar-refractivity contribution in [2.75, 3.05) is 6.61 Å². The monoisotopic (exact) mass is 469 g/mol. The number of hydrogen-bond donors (Lipinski definition) is 2. The molecule has 0 fully saturated rings. The first-order chi connectivity index (χ1) is 16.0. The Morgan fingerprint density at radius 2 is 1.88 bits per heavy atom. The summed E-state index contributed by atoms with van der Waals surface area (Å²) in [4.78, 5) is 29.4. The van der Waals surface area contributed by atoms with E-state index in [2.05, 4.69) is 0 Å². The molecule has 0 radical (unpaired) electrons. The zero-order valence-electron chi connectivity index (χ0n) is 20.8. The zero-order chi connectivity index (χ0) is 25.2. The Morgan fingerprint density at radius 1 is 1.18 bits per heavy atom. The third-order valence-electron chi connectivity index (χ3n) is 6.06. The van der Waals surface area contributed by atoms with E-state index in [4.69, 9.17) is 9.72 Å². The molecular weight excluding hydrogens is 434 g/mol. The van der Waals surface area contributed by atoms with Gasteiger partial charge in [0.05, 0.1) is 41.8 Å². The van der Waals surface area contributed by atoms with Gasteiger partial charge in [-0.15, -0.1) is 0 Å². The minimum atomic E-state index is -0.806. The van der Waals surface area contributed by atoms with Gasteiger partial charge in [0.2, 0.25) is 0 Å². The predicted molar refractivity (Wildman–Crippen MR) is 132 cm³/mol. The Balaban J connectivity index is 1.98. The summed E-state index contributed by atoms with van der Waals surface area (Å²) in [6.45, 7) is 8.82. The number of aliphatic hydroxyl groups excluding tert-OH is 2. The molecule has 0 aliphatic heterocycles. The number of aryl methyl sites for hydroxylation is 3. The van der Waals surface area contributed by atoms with E-state index in [9.17, 15) is 19.8 Å². The number of imidazole rings is 1. The molecule has 3 rings (SSSR count). The first kappa shape index (κ1) is 25.6. The van der Waals surface area contributed by atoms with E-state index in [0.29, 0.717) is 24.2 Å². The van der Waals surface area contributed by atoms with Crippen molar-refractivity contribution >= 4 is 17.0 Å². The van der Waals surface area contributed by atoms with Crippen molar-refractivity contribution in [1.82, 2.24) is 14.1 Å². The number of aliphatic hydroxyl groups is 2. The fourth-order valence-electron chi connectivity index (χ4n) is 4.23. The topological polar surface area (TPSA) is 107 Å². The molecule has 1 aromatic carbocycles. The van der Waals surface area contributed by atoms with Gasteiger partial charge in [-0.25, -0.2) is 4.98 Å². The van der Waals surface area contributed by atoms with E-state index >= 15 is 0 Å². The SMILES string of the molecule is Cc1cc(-c2nc3cc(CC[C@H](C(=O)OC(C)C)[C@@H](C)O)ccc3n2[C@@H](C)CO)cn(C)c1=O. The lowest BCUT2D eigenvalue weighted by Crippen LogP contribution is -2.30. The lowest BCUT2D eigenvalue weighted by Gasteiger charge is -2.20. The van der Waals surface area contributed by atoms with Gasteiger partial charge in [0, 0.05) is 24.4 Å². The van der Waals surface area contributed by atoms with Crippen LogP contribution in [0.15, 0.2) is 35.3 Å². The standard InChI is InChI=1S/C26H35N3O5/c1-15(2)34-26(33)21(18(5)31)9-7-19-8-10-23-22(12-19)27-24(29(23)17(4)14-30)20-11-16(3)25(32)28(6)13-20/h8,10-13,15,17-18,21,30-31H,7,9,14H2,1-6H3/t17-,18+,21-/m0/s1. The van der Waals surface area contributed by atoms with Gasteiger partial charge in [0.15, 0.2) is 0 Å². The van der Waals surface area contributed by atoms with Crippen LogP contribution in [0.25, 0.3) is 22.4 Å². The summed E-state index contributed by atoms with van der Waals surface area (Å²) in [7, 11) is 1.71. The lowest BCUT2D eigenvalue weighted by molar-refractivity contribution is -0.156. The van der Waals surface area contributed by atoms with Crippen LogP contribution in [0.2, 0.25) is 0 Å². The number of rotatable bonds is 9. The van der Waals surface area contributed by atoms with Crippen LogP contribution >= 0.6 is 0 Å². The van der Waals surface area contributed by atoms with Gasteiger partial charge in [0.25, 0.3) is 5.56 Å². The Morgan fingerprint density at radius 3 is 2.47 bits per heavy atom. The Bertz CT molecular complexity index is 1200. The van der Waals surface area contributed by atoms with Crippen molar-refractivity contribution < 1.29 is 19.7 Å². The van der Waals surface area contributed by atoms with Gasteiger partial charge in [-0.3, -0.25) is 9.59 Å². The molecule has 8 heteroatoms. The molecule has 8 nitrogen and oxygen atoms in total. The molecular formula is C26H35N3O5. The molecule has 2 heterocycles. The molecule has 0 unspecified atom stereocenters. The molecule has 0 aliphatic rings. The number of benzene rings is 1. The minimum absolute atomic E-state index is 0.0566. The molecule has 0 aliphatic carbocycles. The average Bonchev–Trinajstić information content (AvgIpc) is 3.14. The number of fused-ring (bicyclic) bond motifs is 1. The number of esters is 1. The maximum absolute atomic E-state index is 12.4. The average molecular weight is 470 g/mol. The summed E-state index contributed by atoms with van der Waals surface area (Å²) in [5.41, 5.74) is 3.97. The molecule has 0 spiro atoms. The van der Waals surface area contributed by atoms with E-state index in [0.717, 1.165) is 22.2 Å². The second-order valence-corrected chi connectivity index (χ2v) is 9.36. The molecule has 184 valence electrons. The first-order valence-corrected chi connectivity index (χ1v) is 11.7. The third-order valence-corrected chi connectivity index (χ3v) is 6.06. The van der Waals surface area contributed by atoms with Gasteiger partial charge < -0.3 is 24.1 Å². The number of hydrogen-bond acceptors (Lipinski definition) is 6. The number of aromatic nitrogens is 3. The summed E-state index contributed by atoms with van der Waals surface area (Å²) in [5.74, 6) is -0.316. The van der Waals surface area contributed by atoms with Crippen LogP contribution in [0.4, 0.5) is 0 Å². The summed E-state index contributed by atoms with van der Waals surface area (Å²) < 4.78 is 8.82. The largest absolute Gasteiger partial charge is 0.463 e. The van der Waals surface area contributed by atoms with E-state index < -0.39 is 12.0 Å². The first-order valence-electron chi connectivity index (χ1n) is 11.7. The van der Waals surface area contributed by atoms with Crippen molar-refractivity contribution in [2.45, 2.75) is 65.7 Å². The number of pyridine rings is 1. The Kier molecular flexibility index (Phi) is 7.94. The molecule has 2 aromatic heterocycles. The zero-order valence-corrected chi connectivity index (χ0v) is 20.8. The van der Waals surface area contributed by atoms with Gasteiger partial charge in [-0.1, -0.05) is 6.07 Å². The number of carbonyl (C=O) groups excluding carboxylic acids is 1. The fourth-order valence-corrected chi connectivity index (χ4v) is 4.23. The molecule has 3 atom stereocenters. The minimum Gasteiger partial charge on any atom is -0.463 e. The van der Waals surface area contributed by atoms with E-state index in [1.807, 2.05) is 35.8 Å². The highest BCUT2D eigenvalue weighted by Crippen LogP contribution is 2.29. The van der Waals surface area contributed by atoms with Gasteiger partial charge in [0.1, 0.15) is 5.82 Å². The molecule has 3 aromatic rings. The molecule has 0 amide bonds. The van der Waals surface area contributed by atoms with Crippen molar-refractivity contribution in [2.24, 2.45) is 13.0 Å². The Labute approximate surface area is 199 Å². The highest BCUT2D eigenvalue weighted by Gasteiger charge is 2.26. The molecule has 0 saturated carbocycles. The van der Waals surface area contributed by atoms with Crippen LogP contribution in [0.5, 0.6) is 0 Å². The number of ether oxygens (including phenoxy) is 1. The number of carbonyl (C=O) groups is 1. The van der Waals surface area contributed by atoms with E-state index in [1.54, 1.807) is 40.9 Å². The normalized spacial score (nSPS) is 14.4. The van der Waals surface area contributed by atoms with Crippen LogP contribution < -0.4 is 5.56 Å². The lowest BCUT2D eigenvalue weighted by atomic mass is 9.95. The van der Waals surface area contributed by atoms with Crippen LogP contribution in [0, 0.1) is 12.8 Å². The maximum Gasteiger partial charge on any atom is 0.311 e. The molecule has 0 saturated heterocycles. The molecule has 2 N–H and O–H groups in total. The van der Waals surface area contributed by atoms with Crippen LogP contribution in [-0.4, -0.2) is 49.1 Å². The van der Waals surface area contributed by atoms with Crippen LogP contribution in [-0.2, 0) is 23.0 Å². The summed E-state index contributed by atoms with van der Waals surface area (Å²) in [6.07, 6.45) is 1.75. The summed E-state index contributed by atoms with van der Waals surface area (Å²) in [6, 6.07) is 7.52. The smallest absolute Gasteiger partial charge is 0.311 e. The third kappa shape index (κ3) is 5.39. The van der Waals surface area contributed by atoms with Crippen molar-refractivity contribution in [1.29, 1.82) is 0 Å². The quantitative estimate of drug-likeness (QED) is 0.466. The fraction of sp³-hybridized carbons (Fsp3) is 0.500. The van der Waals surface area contributed by atoms with E-state index in [1.165, 1.54) is 4.57 Å². The molecule has 34 heavy (non-hydrogen) atoms. The van der Waals surface area contributed by atoms with Gasteiger partial charge in [-0.05, 0) is 71.2 Å². The second-order valence-electron chi connectivity index (χ2n) is 9.36. The number of nitrogens with zero attached hydrogens (tertiary/aromatic N) is 3. The van der Waals surface area contributed by atoms with Crippen molar-refractivity contribution in [3.63, 3.8) is 0 Å². The van der Waals surface area contributed by atoms with Gasteiger partial charge in [-0.2, -0.15) is 0 Å². The highest BCUT2D eigenvalue weighted by molar-refractivity contribution is 5.81. The van der Waals surface area contributed by atoms with Crippen molar-refractivity contribution in [3.8, 4) is 11.4 Å². The highest BCUT2D eigenvalue weighted by atomic mass is 16.5. The van der Waals surface area contributed by atoms with Crippen molar-refractivity contribution in [3.05, 3.63) is 51.9 Å².